The number of ketones is 1. The van der Waals surface area contributed by atoms with E-state index in [1.54, 1.807) is 0 Å². The molecule has 5 heteroatoms. The second-order valence-electron chi connectivity index (χ2n) is 5.41. The van der Waals surface area contributed by atoms with Crippen molar-refractivity contribution in [2.24, 2.45) is 10.8 Å². The van der Waals surface area contributed by atoms with Gasteiger partial charge in [0.1, 0.15) is 0 Å². The van der Waals surface area contributed by atoms with E-state index in [9.17, 15) is 9.59 Å². The Balaban J connectivity index is 2.52. The van der Waals surface area contributed by atoms with Crippen LogP contribution in [-0.2, 0) is 9.59 Å². The minimum absolute atomic E-state index is 0.0506. The summed E-state index contributed by atoms with van der Waals surface area (Å²) >= 11 is 7.09. The van der Waals surface area contributed by atoms with Crippen LogP contribution in [0.3, 0.4) is 0 Å². The normalized spacial score (nSPS) is 45.0. The Bertz CT molecular complexity index is 379. The van der Waals surface area contributed by atoms with Crippen LogP contribution >= 0.6 is 31.9 Å². The van der Waals surface area contributed by atoms with E-state index in [-0.39, 0.29) is 17.0 Å². The molecule has 16 heavy (non-hydrogen) atoms. The Morgan fingerprint density at radius 1 is 1.50 bits per heavy atom. The first kappa shape index (κ1) is 12.6. The maximum absolute atomic E-state index is 12.3. The second kappa shape index (κ2) is 3.31. The van der Waals surface area contributed by atoms with E-state index < -0.39 is 21.1 Å². The van der Waals surface area contributed by atoms with Crippen molar-refractivity contribution in [1.82, 2.24) is 0 Å². The summed E-state index contributed by atoms with van der Waals surface area (Å²) < 4.78 is -0.564. The van der Waals surface area contributed by atoms with Crippen LogP contribution in [0.25, 0.3) is 0 Å². The molecule has 2 aliphatic rings. The Morgan fingerprint density at radius 3 is 2.44 bits per heavy atom. The molecule has 0 heterocycles. The topological polar surface area (TPSA) is 54.4 Å². The predicted molar refractivity (Wildman–Crippen MR) is 67.1 cm³/mol. The fourth-order valence-electron chi connectivity index (χ4n) is 3.37. The average Bonchev–Trinajstić information content (AvgIpc) is 2.46. The minimum Gasteiger partial charge on any atom is -0.481 e. The van der Waals surface area contributed by atoms with Crippen molar-refractivity contribution in [3.63, 3.8) is 0 Å². The van der Waals surface area contributed by atoms with E-state index in [0.717, 1.165) is 12.8 Å². The lowest BCUT2D eigenvalue weighted by atomic mass is 9.63. The highest BCUT2D eigenvalue weighted by molar-refractivity contribution is 9.13. The Kier molecular flexibility index (Phi) is 2.60. The van der Waals surface area contributed by atoms with Gasteiger partial charge in [0.15, 0.2) is 5.78 Å². The molecule has 2 fully saturated rings. The maximum Gasteiger partial charge on any atom is 0.303 e. The van der Waals surface area contributed by atoms with Crippen LogP contribution < -0.4 is 0 Å². The second-order valence-corrected chi connectivity index (χ2v) is 7.74. The molecule has 1 N–H and O–H groups in total. The van der Waals surface area contributed by atoms with Gasteiger partial charge in [-0.3, -0.25) is 9.59 Å². The number of alkyl halides is 2. The zero-order chi connectivity index (χ0) is 12.4. The molecule has 90 valence electrons. The number of hydrogen-bond acceptors (Lipinski definition) is 2. The largest absolute Gasteiger partial charge is 0.481 e. The number of Topliss-reactive ketones (excluding diaryl/α,β-unsaturated/α-hetero) is 1. The molecule has 0 saturated heterocycles. The first-order chi connectivity index (χ1) is 7.18. The van der Waals surface area contributed by atoms with Crippen molar-refractivity contribution in [1.29, 1.82) is 0 Å². The third kappa shape index (κ3) is 1.19. The van der Waals surface area contributed by atoms with Gasteiger partial charge in [0.05, 0.1) is 10.7 Å². The number of fused-ring (bicyclic) bond motifs is 2. The smallest absolute Gasteiger partial charge is 0.303 e. The third-order valence-corrected chi connectivity index (χ3v) is 7.97. The molecular formula is C11H14Br2O3. The lowest BCUT2D eigenvalue weighted by Gasteiger charge is -2.40. The molecule has 2 rings (SSSR count). The maximum atomic E-state index is 12.3. The average molecular weight is 354 g/mol. The highest BCUT2D eigenvalue weighted by Crippen LogP contribution is 2.70. The Labute approximate surface area is 111 Å². The van der Waals surface area contributed by atoms with Crippen LogP contribution in [0.2, 0.25) is 0 Å². The van der Waals surface area contributed by atoms with Gasteiger partial charge in [-0.2, -0.15) is 0 Å². The molecule has 0 unspecified atom stereocenters. The van der Waals surface area contributed by atoms with Gasteiger partial charge in [0, 0.05) is 15.7 Å². The molecule has 2 aliphatic carbocycles. The van der Waals surface area contributed by atoms with Crippen LogP contribution in [0, 0.1) is 10.8 Å². The van der Waals surface area contributed by atoms with E-state index in [2.05, 4.69) is 31.9 Å². The Morgan fingerprint density at radius 2 is 2.06 bits per heavy atom. The van der Waals surface area contributed by atoms with Crippen molar-refractivity contribution in [2.75, 3.05) is 0 Å². The van der Waals surface area contributed by atoms with Crippen LogP contribution in [0.1, 0.15) is 33.1 Å². The summed E-state index contributed by atoms with van der Waals surface area (Å²) in [5.41, 5.74) is -1.04. The van der Waals surface area contributed by atoms with Crippen molar-refractivity contribution >= 4 is 43.6 Å². The van der Waals surface area contributed by atoms with Crippen molar-refractivity contribution in [3.8, 4) is 0 Å². The standard InChI is InChI=1S/C11H14Br2O3/c1-9(2)8(16)11(13)4-3-10(9,7(11)12)5-6(14)15/h7H,3-5H2,1-2H3,(H,14,15)/t7-,10+,11-/m0/s1. The molecule has 0 aromatic heterocycles. The first-order valence-corrected chi connectivity index (χ1v) is 6.99. The number of aliphatic carboxylic acids is 1. The zero-order valence-electron chi connectivity index (χ0n) is 9.22. The first-order valence-electron chi connectivity index (χ1n) is 5.28. The quantitative estimate of drug-likeness (QED) is 0.776. The molecular weight excluding hydrogens is 340 g/mol. The van der Waals surface area contributed by atoms with Crippen LogP contribution in [0.15, 0.2) is 0 Å². The van der Waals surface area contributed by atoms with Gasteiger partial charge in [-0.05, 0) is 12.8 Å². The molecule has 0 spiro atoms. The summed E-state index contributed by atoms with van der Waals surface area (Å²) in [6.07, 6.45) is 1.55. The number of carboxylic acid groups (broad SMARTS) is 1. The monoisotopic (exact) mass is 352 g/mol. The highest BCUT2D eigenvalue weighted by atomic mass is 79.9. The van der Waals surface area contributed by atoms with Gasteiger partial charge < -0.3 is 5.11 Å². The number of hydrogen-bond donors (Lipinski definition) is 1. The van der Waals surface area contributed by atoms with Crippen LogP contribution in [0.5, 0.6) is 0 Å². The lowest BCUT2D eigenvalue weighted by Crippen LogP contribution is -2.43. The molecule has 0 radical (unpaired) electrons. The van der Waals surface area contributed by atoms with Crippen molar-refractivity contribution in [3.05, 3.63) is 0 Å². The van der Waals surface area contributed by atoms with Gasteiger partial charge in [0.25, 0.3) is 0 Å². The van der Waals surface area contributed by atoms with Crippen LogP contribution in [0.4, 0.5) is 0 Å². The summed E-state index contributed by atoms with van der Waals surface area (Å²) in [6.45, 7) is 3.74. The van der Waals surface area contributed by atoms with Gasteiger partial charge in [-0.15, -0.1) is 0 Å². The summed E-state index contributed by atoms with van der Waals surface area (Å²) in [4.78, 5) is 23.3. The van der Waals surface area contributed by atoms with Gasteiger partial charge in [-0.1, -0.05) is 45.7 Å². The third-order valence-electron chi connectivity index (χ3n) is 4.48. The van der Waals surface area contributed by atoms with E-state index in [1.807, 2.05) is 13.8 Å². The Hall–Kier alpha value is 0.1000. The number of carbonyl (C=O) groups excluding carboxylic acids is 1. The number of halogens is 2. The minimum atomic E-state index is -0.830. The molecule has 0 aromatic rings. The number of carboxylic acids is 1. The van der Waals surface area contributed by atoms with Gasteiger partial charge in [-0.25, -0.2) is 0 Å². The van der Waals surface area contributed by atoms with E-state index >= 15 is 0 Å². The summed E-state index contributed by atoms with van der Waals surface area (Å²) in [7, 11) is 0. The number of rotatable bonds is 2. The molecule has 2 saturated carbocycles. The SMILES string of the molecule is CC1(C)C(=O)[C@]2(Br)CC[C@@]1(CC(=O)O)[C@@H]2Br. The summed E-state index contributed by atoms with van der Waals surface area (Å²) in [5.74, 6) is -0.696. The zero-order valence-corrected chi connectivity index (χ0v) is 12.4. The highest BCUT2D eigenvalue weighted by Gasteiger charge is 2.74. The lowest BCUT2D eigenvalue weighted by molar-refractivity contribution is -0.143. The molecule has 0 amide bonds. The molecule has 0 aromatic carbocycles. The van der Waals surface area contributed by atoms with E-state index in [1.165, 1.54) is 0 Å². The fourth-order valence-corrected chi connectivity index (χ4v) is 5.90. The predicted octanol–water partition coefficient (Wildman–Crippen LogP) is 2.75. The number of carbonyl (C=O) groups is 2. The summed E-state index contributed by atoms with van der Waals surface area (Å²) in [6, 6.07) is 0. The van der Waals surface area contributed by atoms with E-state index in [0.29, 0.717) is 0 Å². The fraction of sp³-hybridized carbons (Fsp3) is 0.818. The van der Waals surface area contributed by atoms with Crippen LogP contribution in [-0.4, -0.2) is 26.0 Å². The van der Waals surface area contributed by atoms with Gasteiger partial charge in [0.2, 0.25) is 0 Å². The molecule has 3 nitrogen and oxygen atoms in total. The van der Waals surface area contributed by atoms with Gasteiger partial charge >= 0.3 is 5.97 Å². The summed E-state index contributed by atoms with van der Waals surface area (Å²) in [5, 5.41) is 9.06. The molecule has 3 atom stereocenters. The molecule has 0 aliphatic heterocycles. The van der Waals surface area contributed by atoms with E-state index in [4.69, 9.17) is 5.11 Å². The van der Waals surface area contributed by atoms with Crippen molar-refractivity contribution in [2.45, 2.75) is 42.3 Å². The molecule has 2 bridgehead atoms. The van der Waals surface area contributed by atoms with Crippen molar-refractivity contribution < 1.29 is 14.7 Å².